The summed E-state index contributed by atoms with van der Waals surface area (Å²) in [5.41, 5.74) is 10.3. The minimum Gasteiger partial charge on any atom is -0.383 e. The number of benzene rings is 3. The number of rotatable bonds is 7. The number of nitrogen functional groups attached to an aromatic ring is 1. The summed E-state index contributed by atoms with van der Waals surface area (Å²) in [4.78, 5) is 20.1. The number of pyridine rings is 1. The summed E-state index contributed by atoms with van der Waals surface area (Å²) < 4.78 is 0. The number of nitriles is 2. The lowest BCUT2D eigenvalue weighted by Crippen LogP contribution is -2.34. The van der Waals surface area contributed by atoms with E-state index >= 15 is 0 Å². The van der Waals surface area contributed by atoms with E-state index in [1.54, 1.807) is 4.90 Å². The first-order valence-corrected chi connectivity index (χ1v) is 12.7. The van der Waals surface area contributed by atoms with Crippen LogP contribution < -0.4 is 10.6 Å². The summed E-state index contributed by atoms with van der Waals surface area (Å²) in [7, 11) is 0. The fraction of sp³-hybridized carbons (Fsp3) is 0.133. The van der Waals surface area contributed by atoms with E-state index in [1.807, 2.05) is 98.8 Å². The van der Waals surface area contributed by atoms with E-state index in [4.69, 9.17) is 5.73 Å². The van der Waals surface area contributed by atoms with Crippen LogP contribution >= 0.6 is 11.8 Å². The van der Waals surface area contributed by atoms with Crippen molar-refractivity contribution in [1.29, 1.82) is 10.5 Å². The number of hydrogen-bond donors (Lipinski definition) is 1. The summed E-state index contributed by atoms with van der Waals surface area (Å²) in [6.45, 7) is 3.88. The summed E-state index contributed by atoms with van der Waals surface area (Å²) in [5.74, 6) is -0.111. The molecule has 1 heterocycles. The molecule has 4 rings (SSSR count). The highest BCUT2D eigenvalue weighted by Gasteiger charge is 2.29. The number of aryl methyl sites for hydroxylation is 1. The van der Waals surface area contributed by atoms with Gasteiger partial charge in [0.25, 0.3) is 0 Å². The summed E-state index contributed by atoms with van der Waals surface area (Å²) >= 11 is 1.20. The van der Waals surface area contributed by atoms with E-state index < -0.39 is 5.25 Å². The van der Waals surface area contributed by atoms with Crippen LogP contribution in [0.2, 0.25) is 0 Å². The van der Waals surface area contributed by atoms with Gasteiger partial charge in [-0.05, 0) is 43.2 Å². The molecule has 1 atom stereocenters. The van der Waals surface area contributed by atoms with Crippen molar-refractivity contribution >= 4 is 34.9 Å². The van der Waals surface area contributed by atoms with Crippen LogP contribution in [0.1, 0.15) is 30.0 Å². The van der Waals surface area contributed by atoms with Crippen LogP contribution in [-0.4, -0.2) is 16.1 Å². The number of anilines is 3. The molecule has 182 valence electrons. The summed E-state index contributed by atoms with van der Waals surface area (Å²) in [5, 5.41) is 19.8. The van der Waals surface area contributed by atoms with Crippen LogP contribution in [-0.2, 0) is 4.79 Å². The topological polar surface area (TPSA) is 107 Å². The van der Waals surface area contributed by atoms with Crippen LogP contribution in [0, 0.1) is 29.6 Å². The molecular formula is C30H25N5OS. The second-order valence-electron chi connectivity index (χ2n) is 8.38. The first-order chi connectivity index (χ1) is 18.0. The maximum Gasteiger partial charge on any atom is 0.245 e. The molecule has 0 fully saturated rings. The Morgan fingerprint density at radius 3 is 1.95 bits per heavy atom. The second kappa shape index (κ2) is 11.4. The zero-order valence-electron chi connectivity index (χ0n) is 20.6. The molecule has 0 spiro atoms. The van der Waals surface area contributed by atoms with Gasteiger partial charge in [0.2, 0.25) is 5.91 Å². The van der Waals surface area contributed by atoms with Crippen molar-refractivity contribution in [3.63, 3.8) is 0 Å². The summed E-state index contributed by atoms with van der Waals surface area (Å²) in [6, 6.07) is 30.8. The Bertz CT molecular complexity index is 1450. The Kier molecular flexibility index (Phi) is 7.88. The van der Waals surface area contributed by atoms with E-state index in [-0.39, 0.29) is 22.9 Å². The van der Waals surface area contributed by atoms with Gasteiger partial charge in [-0.1, -0.05) is 84.9 Å². The number of thioether (sulfide) groups is 1. The Hall–Kier alpha value is -4.59. The van der Waals surface area contributed by atoms with Crippen LogP contribution in [0.15, 0.2) is 90.0 Å². The number of carbonyl (C=O) groups excluding carboxylic acids is 1. The number of nitrogens with two attached hydrogens (primary N) is 1. The first-order valence-electron chi connectivity index (χ1n) is 11.8. The quantitative estimate of drug-likeness (QED) is 0.284. The third-order valence-electron chi connectivity index (χ3n) is 5.91. The number of hydrogen-bond acceptors (Lipinski definition) is 6. The van der Waals surface area contributed by atoms with Crippen molar-refractivity contribution in [2.75, 3.05) is 10.6 Å². The maximum atomic E-state index is 14.0. The molecule has 0 aliphatic rings. The van der Waals surface area contributed by atoms with Crippen molar-refractivity contribution in [2.45, 2.75) is 30.5 Å². The molecule has 0 bridgehead atoms. The third-order valence-corrected chi connectivity index (χ3v) is 7.24. The normalized spacial score (nSPS) is 11.2. The fourth-order valence-electron chi connectivity index (χ4n) is 4.04. The van der Waals surface area contributed by atoms with Crippen molar-refractivity contribution in [2.24, 2.45) is 0 Å². The lowest BCUT2D eigenvalue weighted by Gasteiger charge is -2.27. The highest BCUT2D eigenvalue weighted by Crippen LogP contribution is 2.39. The van der Waals surface area contributed by atoms with Gasteiger partial charge in [-0.3, -0.25) is 9.69 Å². The standard InChI is InChI=1S/C30H25N5OS/c1-3-26(30(36)35(22-10-6-4-7-11-22)23-12-8-5-9-13-23)37-29-25(19-32)27(24(18-31)28(33)34-29)21-16-14-20(2)15-17-21/h4-17,26H,3H2,1-2H3,(H2,33,34). The van der Waals surface area contributed by atoms with Gasteiger partial charge in [-0.2, -0.15) is 10.5 Å². The van der Waals surface area contributed by atoms with Gasteiger partial charge in [0, 0.05) is 16.9 Å². The zero-order valence-corrected chi connectivity index (χ0v) is 21.4. The molecule has 3 aromatic carbocycles. The lowest BCUT2D eigenvalue weighted by atomic mass is 9.96. The van der Waals surface area contributed by atoms with E-state index in [0.717, 1.165) is 16.9 Å². The number of carbonyl (C=O) groups is 1. The van der Waals surface area contributed by atoms with Gasteiger partial charge in [-0.15, -0.1) is 0 Å². The number of amides is 1. The molecule has 7 heteroatoms. The minimum absolute atomic E-state index is 0.0323. The fourth-order valence-corrected chi connectivity index (χ4v) is 5.10. The molecule has 1 unspecified atom stereocenters. The number of aromatic nitrogens is 1. The van der Waals surface area contributed by atoms with E-state index in [2.05, 4.69) is 17.1 Å². The molecule has 0 aliphatic heterocycles. The zero-order chi connectivity index (χ0) is 26.4. The highest BCUT2D eigenvalue weighted by atomic mass is 32.2. The average Bonchev–Trinajstić information content (AvgIpc) is 2.93. The molecule has 2 N–H and O–H groups in total. The molecule has 4 aromatic rings. The van der Waals surface area contributed by atoms with Crippen LogP contribution in [0.4, 0.5) is 17.2 Å². The van der Waals surface area contributed by atoms with Crippen molar-refractivity contribution < 1.29 is 4.79 Å². The van der Waals surface area contributed by atoms with E-state index in [9.17, 15) is 15.3 Å². The van der Waals surface area contributed by atoms with Gasteiger partial charge in [-0.25, -0.2) is 4.98 Å². The SMILES string of the molecule is CCC(Sc1nc(N)c(C#N)c(-c2ccc(C)cc2)c1C#N)C(=O)N(c1ccccc1)c1ccccc1. The number of para-hydroxylation sites is 2. The van der Waals surface area contributed by atoms with Gasteiger partial charge < -0.3 is 5.73 Å². The van der Waals surface area contributed by atoms with E-state index in [0.29, 0.717) is 22.6 Å². The van der Waals surface area contributed by atoms with Gasteiger partial charge in [0.05, 0.1) is 10.8 Å². The molecule has 1 amide bonds. The predicted molar refractivity (Wildman–Crippen MR) is 148 cm³/mol. The third kappa shape index (κ3) is 5.33. The molecule has 1 aromatic heterocycles. The molecule has 37 heavy (non-hydrogen) atoms. The van der Waals surface area contributed by atoms with Crippen LogP contribution in [0.5, 0.6) is 0 Å². The van der Waals surface area contributed by atoms with Gasteiger partial charge in [0.1, 0.15) is 28.5 Å². The lowest BCUT2D eigenvalue weighted by molar-refractivity contribution is -0.117. The highest BCUT2D eigenvalue weighted by molar-refractivity contribution is 8.00. The van der Waals surface area contributed by atoms with Crippen molar-refractivity contribution in [3.05, 3.63) is 102 Å². The molecular weight excluding hydrogens is 478 g/mol. The average molecular weight is 504 g/mol. The summed E-state index contributed by atoms with van der Waals surface area (Å²) in [6.07, 6.45) is 0.492. The maximum absolute atomic E-state index is 14.0. The van der Waals surface area contributed by atoms with Crippen molar-refractivity contribution in [3.8, 4) is 23.3 Å². The van der Waals surface area contributed by atoms with Crippen LogP contribution in [0.3, 0.4) is 0 Å². The Labute approximate surface area is 221 Å². The van der Waals surface area contributed by atoms with Gasteiger partial charge >= 0.3 is 0 Å². The Morgan fingerprint density at radius 2 is 1.46 bits per heavy atom. The molecule has 0 radical (unpaired) electrons. The molecule has 0 aliphatic carbocycles. The monoisotopic (exact) mass is 503 g/mol. The molecule has 6 nitrogen and oxygen atoms in total. The Morgan fingerprint density at radius 1 is 0.919 bits per heavy atom. The van der Waals surface area contributed by atoms with Gasteiger partial charge in [0.15, 0.2) is 0 Å². The first kappa shape index (κ1) is 25.5. The smallest absolute Gasteiger partial charge is 0.245 e. The van der Waals surface area contributed by atoms with Crippen LogP contribution in [0.25, 0.3) is 11.1 Å². The molecule has 0 saturated heterocycles. The van der Waals surface area contributed by atoms with E-state index in [1.165, 1.54) is 11.8 Å². The number of nitrogens with zero attached hydrogens (tertiary/aromatic N) is 4. The van der Waals surface area contributed by atoms with Crippen molar-refractivity contribution in [1.82, 2.24) is 4.98 Å². The minimum atomic E-state index is -0.557. The predicted octanol–water partition coefficient (Wildman–Crippen LogP) is 6.62. The Balaban J connectivity index is 1.80. The largest absolute Gasteiger partial charge is 0.383 e. The second-order valence-corrected chi connectivity index (χ2v) is 9.57. The molecule has 0 saturated carbocycles.